The predicted molar refractivity (Wildman–Crippen MR) is 141 cm³/mol. The van der Waals surface area contributed by atoms with E-state index in [1.54, 1.807) is 0 Å². The Morgan fingerprint density at radius 3 is 1.65 bits per heavy atom. The van der Waals surface area contributed by atoms with Crippen molar-refractivity contribution in [2.24, 2.45) is 0 Å². The van der Waals surface area contributed by atoms with E-state index in [0.29, 0.717) is 0 Å². The third-order valence-electron chi connectivity index (χ3n) is 3.32. The fraction of sp³-hybridized carbons (Fsp3) is 0.435. The second-order valence-electron chi connectivity index (χ2n) is 8.78. The van der Waals surface area contributed by atoms with Crippen molar-refractivity contribution in [3.8, 4) is 0 Å². The van der Waals surface area contributed by atoms with Crippen LogP contribution in [0.4, 0.5) is 0 Å². The van der Waals surface area contributed by atoms with E-state index in [1.165, 1.54) is 21.5 Å². The molecule has 3 aromatic rings. The molecule has 0 saturated carbocycles. The van der Waals surface area contributed by atoms with E-state index in [9.17, 15) is 0 Å². The molecule has 8 heteroatoms. The van der Waals surface area contributed by atoms with Crippen LogP contribution in [0.2, 0.25) is 26.2 Å². The number of hydrogen-bond acceptors (Lipinski definition) is 2. The average Bonchev–Trinajstić information content (AvgIpc) is 2.99. The van der Waals surface area contributed by atoms with E-state index in [4.69, 9.17) is 31.3 Å². The topological polar surface area (TPSA) is 42.3 Å². The summed E-state index contributed by atoms with van der Waals surface area (Å²) < 4.78 is 11.0. The second kappa shape index (κ2) is 15.8. The maximum absolute atomic E-state index is 6.94. The zero-order valence-electron chi connectivity index (χ0n) is 20.0. The Hall–Kier alpha value is 0.0869. The Bertz CT molecular complexity index is 808. The molecule has 0 amide bonds. The minimum absolute atomic E-state index is 0.250. The first-order valence-corrected chi connectivity index (χ1v) is 21.8. The number of fused-ring (bicyclic) bond motifs is 3. The zero-order chi connectivity index (χ0) is 24.1. The SMILES string of the molecule is CC(C)(C)[NH-].CCO[Si](C)O[Si](C)(C)C.[Cl][Zr+2][Cl].c1ccc2c(c1)[cH-]c1ccccc12. The molecular formula is C23H36Cl2NO2Si2Zr. The first kappa shape index (κ1) is 31.1. The number of halogens is 2. The Labute approximate surface area is 210 Å². The van der Waals surface area contributed by atoms with Crippen LogP contribution < -0.4 is 0 Å². The fourth-order valence-corrected chi connectivity index (χ4v) is 6.66. The fourth-order valence-electron chi connectivity index (χ4n) is 2.57. The molecule has 0 aliphatic rings. The molecule has 1 N–H and O–H groups in total. The largest absolute Gasteiger partial charge is 0.126 e. The molecule has 0 bridgehead atoms. The Kier molecular flexibility index (Phi) is 15.9. The van der Waals surface area contributed by atoms with Crippen molar-refractivity contribution < 1.29 is 29.4 Å². The van der Waals surface area contributed by atoms with Crippen molar-refractivity contribution in [3.63, 3.8) is 0 Å². The second-order valence-corrected chi connectivity index (χ2v) is 18.8. The van der Waals surface area contributed by atoms with Crippen LogP contribution in [0.15, 0.2) is 54.6 Å². The Balaban J connectivity index is 0.000000446. The van der Waals surface area contributed by atoms with Gasteiger partial charge in [0.25, 0.3) is 0 Å². The van der Waals surface area contributed by atoms with E-state index in [2.05, 4.69) is 74.2 Å². The molecule has 0 aliphatic carbocycles. The minimum Gasteiger partial charge on any atom is -0.126 e. The van der Waals surface area contributed by atoms with E-state index in [-0.39, 0.29) is 5.54 Å². The summed E-state index contributed by atoms with van der Waals surface area (Å²) in [7, 11) is 7.59. The van der Waals surface area contributed by atoms with Gasteiger partial charge in [0.1, 0.15) is 0 Å². The van der Waals surface area contributed by atoms with Crippen LogP contribution >= 0.6 is 17.0 Å². The Morgan fingerprint density at radius 1 is 0.968 bits per heavy atom. The van der Waals surface area contributed by atoms with Crippen LogP contribution in [0.3, 0.4) is 0 Å². The molecule has 0 atom stereocenters. The summed E-state index contributed by atoms with van der Waals surface area (Å²) in [4.78, 5) is 0. The summed E-state index contributed by atoms with van der Waals surface area (Å²) in [6.07, 6.45) is 0. The van der Waals surface area contributed by atoms with Gasteiger partial charge in [0.15, 0.2) is 8.32 Å². The predicted octanol–water partition coefficient (Wildman–Crippen LogP) is 8.92. The van der Waals surface area contributed by atoms with Gasteiger partial charge in [-0.1, -0.05) is 57.2 Å². The molecule has 0 heterocycles. The minimum atomic E-state index is -1.34. The van der Waals surface area contributed by atoms with Gasteiger partial charge >= 0.3 is 47.2 Å². The molecule has 3 aromatic carbocycles. The number of rotatable bonds is 4. The summed E-state index contributed by atoms with van der Waals surface area (Å²) in [5.41, 5.74) is 6.69. The molecule has 0 spiro atoms. The van der Waals surface area contributed by atoms with E-state index in [0.717, 1.165) is 6.61 Å². The van der Waals surface area contributed by atoms with Crippen molar-refractivity contribution in [1.82, 2.24) is 0 Å². The van der Waals surface area contributed by atoms with Gasteiger partial charge in [-0.25, -0.2) is 0 Å². The third-order valence-corrected chi connectivity index (χ3v) is 7.61. The first-order chi connectivity index (χ1) is 14.3. The van der Waals surface area contributed by atoms with Crippen LogP contribution in [0.5, 0.6) is 0 Å². The summed E-state index contributed by atoms with van der Waals surface area (Å²) in [5.74, 6) is 0. The van der Waals surface area contributed by atoms with E-state index in [1.807, 2.05) is 34.2 Å². The van der Waals surface area contributed by atoms with Gasteiger partial charge in [-0.05, 0) is 33.1 Å². The van der Waals surface area contributed by atoms with E-state index >= 15 is 0 Å². The van der Waals surface area contributed by atoms with Gasteiger partial charge < -0.3 is 14.3 Å². The third kappa shape index (κ3) is 16.4. The maximum atomic E-state index is 6.94. The van der Waals surface area contributed by atoms with Crippen LogP contribution in [-0.4, -0.2) is 29.7 Å². The van der Waals surface area contributed by atoms with Crippen LogP contribution in [0, 0.1) is 0 Å². The monoisotopic (exact) mass is 574 g/mol. The summed E-state index contributed by atoms with van der Waals surface area (Å²) >= 11 is -0.826. The van der Waals surface area contributed by atoms with Crippen molar-refractivity contribution in [2.45, 2.75) is 59.4 Å². The smallest absolute Gasteiger partial charge is 0.0771 e. The summed E-state index contributed by atoms with van der Waals surface area (Å²) in [6.45, 7) is 16.9. The van der Waals surface area contributed by atoms with Gasteiger partial charge in [0.05, 0.1) is 0 Å². The molecule has 0 aromatic heterocycles. The van der Waals surface area contributed by atoms with Gasteiger partial charge in [0, 0.05) is 6.61 Å². The van der Waals surface area contributed by atoms with Crippen molar-refractivity contribution in [1.29, 1.82) is 0 Å². The molecule has 3 nitrogen and oxygen atoms in total. The molecule has 171 valence electrons. The van der Waals surface area contributed by atoms with Crippen LogP contribution in [0.1, 0.15) is 27.7 Å². The van der Waals surface area contributed by atoms with Crippen LogP contribution in [0.25, 0.3) is 27.3 Å². The number of hydrogen-bond donors (Lipinski definition) is 0. The number of nitrogens with one attached hydrogen (secondary N) is 1. The van der Waals surface area contributed by atoms with Crippen LogP contribution in [-0.2, 0) is 29.4 Å². The molecule has 0 fully saturated rings. The molecular weight excluding hydrogens is 541 g/mol. The normalized spacial score (nSPS) is 11.0. The van der Waals surface area contributed by atoms with Gasteiger partial charge in [-0.15, -0.1) is 45.3 Å². The van der Waals surface area contributed by atoms with Gasteiger partial charge in [0.2, 0.25) is 0 Å². The summed E-state index contributed by atoms with van der Waals surface area (Å²) in [5, 5.41) is 5.39. The molecule has 3 rings (SSSR count). The summed E-state index contributed by atoms with van der Waals surface area (Å²) in [6, 6.07) is 19.3. The molecule has 31 heavy (non-hydrogen) atoms. The maximum Gasteiger partial charge on any atom is -0.0771 e. The zero-order valence-corrected chi connectivity index (χ0v) is 25.9. The van der Waals surface area contributed by atoms with E-state index < -0.39 is 38.4 Å². The number of benzene rings is 2. The molecule has 0 unspecified atom stereocenters. The average molecular weight is 577 g/mol. The van der Waals surface area contributed by atoms with Crippen molar-refractivity contribution >= 4 is 56.2 Å². The molecule has 0 aliphatic heterocycles. The molecule has 0 saturated heterocycles. The van der Waals surface area contributed by atoms with Crippen molar-refractivity contribution in [2.75, 3.05) is 6.61 Å². The Morgan fingerprint density at radius 2 is 1.32 bits per heavy atom. The van der Waals surface area contributed by atoms with Gasteiger partial charge in [-0.2, -0.15) is 0 Å². The van der Waals surface area contributed by atoms with Crippen molar-refractivity contribution in [3.05, 3.63) is 60.3 Å². The first-order valence-electron chi connectivity index (χ1n) is 10.2. The van der Waals surface area contributed by atoms with Gasteiger partial charge in [-0.3, -0.25) is 0 Å². The quantitative estimate of drug-likeness (QED) is 0.230. The standard InChI is InChI=1S/C13H9.C6H17O2Si2.C4H10N.2ClH.Zr/c1-3-7-12-10(5-1)9-11-6-2-4-8-13(11)12;1-6-7-9(2)8-10(3,4)5;1-4(2,3)5;;;/h1-9H;6H2,1-5H3;5H,1-3H3;2*1H;/q-1;;-1;;;+4/p-2. The molecule has 1 radical (unpaired) electrons.